The van der Waals surface area contributed by atoms with E-state index in [9.17, 15) is 18.0 Å². The zero-order valence-electron chi connectivity index (χ0n) is 16.9. The third-order valence-electron chi connectivity index (χ3n) is 4.80. The zero-order valence-corrected chi connectivity index (χ0v) is 18.5. The highest BCUT2D eigenvalue weighted by Crippen LogP contribution is 2.32. The van der Waals surface area contributed by atoms with Crippen molar-refractivity contribution in [3.05, 3.63) is 48.3 Å². The van der Waals surface area contributed by atoms with Crippen LogP contribution in [0.5, 0.6) is 0 Å². The Bertz CT molecular complexity index is 1060. The number of hydrogen-bond donors (Lipinski definition) is 1. The molecule has 1 fully saturated rings. The fourth-order valence-electron chi connectivity index (χ4n) is 3.36. The highest BCUT2D eigenvalue weighted by atomic mass is 32.2. The summed E-state index contributed by atoms with van der Waals surface area (Å²) in [4.78, 5) is 24.0. The first kappa shape index (κ1) is 22.2. The van der Waals surface area contributed by atoms with Crippen molar-refractivity contribution in [2.75, 3.05) is 16.8 Å². The number of ketones is 1. The predicted molar refractivity (Wildman–Crippen MR) is 117 cm³/mol. The number of thioether (sulfide) groups is 1. The number of sulfone groups is 1. The molecular weight excluding hydrogens is 424 g/mol. The lowest BCUT2D eigenvalue weighted by Crippen LogP contribution is -2.16. The predicted octanol–water partition coefficient (Wildman–Crippen LogP) is 2.69. The number of amides is 1. The lowest BCUT2D eigenvalue weighted by atomic mass is 10.1. The second-order valence-corrected chi connectivity index (χ2v) is 10.8. The molecule has 1 saturated heterocycles. The van der Waals surface area contributed by atoms with Crippen LogP contribution in [-0.4, -0.2) is 51.6 Å². The minimum atomic E-state index is -3.04. The van der Waals surface area contributed by atoms with Crippen molar-refractivity contribution in [3.63, 3.8) is 0 Å². The largest absolute Gasteiger partial charge is 0.326 e. The van der Waals surface area contributed by atoms with Gasteiger partial charge in [-0.25, -0.2) is 8.42 Å². The van der Waals surface area contributed by atoms with Gasteiger partial charge in [0.25, 0.3) is 0 Å². The summed E-state index contributed by atoms with van der Waals surface area (Å²) in [7, 11) is -3.04. The molecule has 2 aromatic rings. The van der Waals surface area contributed by atoms with Crippen molar-refractivity contribution < 1.29 is 18.0 Å². The number of benzene rings is 1. The second kappa shape index (κ2) is 9.13. The van der Waals surface area contributed by atoms with Crippen molar-refractivity contribution in [1.82, 2.24) is 14.8 Å². The number of nitrogens with zero attached hydrogens (tertiary/aromatic N) is 3. The summed E-state index contributed by atoms with van der Waals surface area (Å²) < 4.78 is 25.5. The number of carbonyl (C=O) groups is 2. The minimum absolute atomic E-state index is 0.0715. The number of nitrogens with one attached hydrogen (secondary N) is 1. The fourth-order valence-corrected chi connectivity index (χ4v) is 6.04. The average Bonchev–Trinajstić information content (AvgIpc) is 3.24. The molecule has 0 spiro atoms. The van der Waals surface area contributed by atoms with Crippen LogP contribution in [0.25, 0.3) is 0 Å². The van der Waals surface area contributed by atoms with Crippen LogP contribution in [0.3, 0.4) is 0 Å². The van der Waals surface area contributed by atoms with E-state index in [1.165, 1.54) is 18.7 Å². The fraction of sp³-hybridized carbons (Fsp3) is 0.400. The van der Waals surface area contributed by atoms with E-state index in [-0.39, 0.29) is 29.1 Å². The van der Waals surface area contributed by atoms with Crippen molar-refractivity contribution in [1.29, 1.82) is 0 Å². The van der Waals surface area contributed by atoms with Crippen LogP contribution in [0.1, 0.15) is 42.4 Å². The summed E-state index contributed by atoms with van der Waals surface area (Å²) in [5, 5.41) is 11.3. The minimum Gasteiger partial charge on any atom is -0.326 e. The van der Waals surface area contributed by atoms with Gasteiger partial charge in [0.05, 0.1) is 16.8 Å². The molecule has 8 nitrogen and oxygen atoms in total. The summed E-state index contributed by atoms with van der Waals surface area (Å²) in [6.45, 7) is 7.42. The first-order chi connectivity index (χ1) is 14.2. The third-order valence-corrected chi connectivity index (χ3v) is 7.64. The van der Waals surface area contributed by atoms with Gasteiger partial charge in [0.1, 0.15) is 5.82 Å². The maximum Gasteiger partial charge on any atom is 0.221 e. The van der Waals surface area contributed by atoms with Crippen LogP contribution >= 0.6 is 11.8 Å². The van der Waals surface area contributed by atoms with Gasteiger partial charge < -0.3 is 9.88 Å². The van der Waals surface area contributed by atoms with Crippen molar-refractivity contribution in [3.8, 4) is 0 Å². The van der Waals surface area contributed by atoms with Gasteiger partial charge in [-0.2, -0.15) is 0 Å². The summed E-state index contributed by atoms with van der Waals surface area (Å²) in [5.74, 6) is 0.409. The number of hydrogen-bond acceptors (Lipinski definition) is 7. The molecule has 30 heavy (non-hydrogen) atoms. The molecule has 160 valence electrons. The SMILES string of the molecule is C=CCn1c(S[C@H](C)C(=O)c2ccc(NC(C)=O)cc2)nnc1[C@@H]1CCS(=O)(=O)C1. The van der Waals surface area contributed by atoms with Crippen LogP contribution in [0.2, 0.25) is 0 Å². The summed E-state index contributed by atoms with van der Waals surface area (Å²) >= 11 is 1.28. The monoisotopic (exact) mass is 448 g/mol. The van der Waals surface area contributed by atoms with E-state index in [0.29, 0.717) is 35.2 Å². The molecule has 10 heteroatoms. The Morgan fingerprint density at radius 3 is 2.60 bits per heavy atom. The Morgan fingerprint density at radius 1 is 1.33 bits per heavy atom. The second-order valence-electron chi connectivity index (χ2n) is 7.22. The molecule has 0 unspecified atom stereocenters. The Morgan fingerprint density at radius 2 is 2.03 bits per heavy atom. The Labute approximate surface area is 180 Å². The van der Waals surface area contributed by atoms with Gasteiger partial charge >= 0.3 is 0 Å². The normalized spacial score (nSPS) is 18.7. The molecule has 2 atom stereocenters. The van der Waals surface area contributed by atoms with Crippen molar-refractivity contribution >= 4 is 39.0 Å². The van der Waals surface area contributed by atoms with Crippen molar-refractivity contribution in [2.45, 2.75) is 43.1 Å². The molecule has 2 heterocycles. The molecule has 1 aromatic carbocycles. The van der Waals surface area contributed by atoms with Crippen LogP contribution in [0.4, 0.5) is 5.69 Å². The molecule has 1 amide bonds. The topological polar surface area (TPSA) is 111 Å². The van der Waals surface area contributed by atoms with E-state index in [0.717, 1.165) is 0 Å². The molecule has 0 aliphatic carbocycles. The smallest absolute Gasteiger partial charge is 0.221 e. The first-order valence-electron chi connectivity index (χ1n) is 9.53. The molecule has 0 bridgehead atoms. The van der Waals surface area contributed by atoms with Gasteiger partial charge in [0.15, 0.2) is 20.8 Å². The van der Waals surface area contributed by atoms with Crippen LogP contribution in [0.15, 0.2) is 42.1 Å². The molecule has 3 rings (SSSR count). The number of aromatic nitrogens is 3. The van der Waals surface area contributed by atoms with E-state index < -0.39 is 15.1 Å². The Balaban J connectivity index is 1.75. The molecule has 1 N–H and O–H groups in total. The lowest BCUT2D eigenvalue weighted by Gasteiger charge is -2.14. The number of carbonyl (C=O) groups excluding carboxylic acids is 2. The van der Waals surface area contributed by atoms with E-state index in [1.54, 1.807) is 37.3 Å². The lowest BCUT2D eigenvalue weighted by molar-refractivity contribution is -0.114. The number of anilines is 1. The quantitative estimate of drug-likeness (QED) is 0.375. The molecule has 1 aliphatic rings. The van der Waals surface area contributed by atoms with Crippen LogP contribution in [-0.2, 0) is 21.2 Å². The highest BCUT2D eigenvalue weighted by molar-refractivity contribution is 8.00. The van der Waals surface area contributed by atoms with Gasteiger partial charge in [0.2, 0.25) is 5.91 Å². The summed E-state index contributed by atoms with van der Waals surface area (Å²) in [5.41, 5.74) is 1.15. The third kappa shape index (κ3) is 5.17. The molecule has 0 saturated carbocycles. The Kier molecular flexibility index (Phi) is 6.77. The standard InChI is InChI=1S/C20H24N4O4S2/c1-4-10-24-19(16-9-11-30(27,28)12-16)22-23-20(24)29-13(2)18(26)15-5-7-17(8-6-15)21-14(3)25/h4-8,13,16H,1,9-12H2,2-3H3,(H,21,25)/t13-,16-/m1/s1. The Hall–Kier alpha value is -2.46. The van der Waals surface area contributed by atoms with Gasteiger partial charge in [0, 0.05) is 30.6 Å². The van der Waals surface area contributed by atoms with E-state index in [1.807, 2.05) is 4.57 Å². The van der Waals surface area contributed by atoms with Gasteiger partial charge in [-0.3, -0.25) is 9.59 Å². The summed E-state index contributed by atoms with van der Waals surface area (Å²) in [6.07, 6.45) is 2.23. The number of Topliss-reactive ketones (excluding diaryl/α,β-unsaturated/α-hetero) is 1. The average molecular weight is 449 g/mol. The van der Waals surface area contributed by atoms with E-state index in [4.69, 9.17) is 0 Å². The van der Waals surface area contributed by atoms with Crippen molar-refractivity contribution in [2.24, 2.45) is 0 Å². The van der Waals surface area contributed by atoms with Gasteiger partial charge in [-0.15, -0.1) is 16.8 Å². The molecule has 0 radical (unpaired) electrons. The van der Waals surface area contributed by atoms with E-state index in [2.05, 4.69) is 22.1 Å². The maximum atomic E-state index is 12.8. The van der Waals surface area contributed by atoms with Gasteiger partial charge in [-0.05, 0) is 37.6 Å². The number of allylic oxidation sites excluding steroid dienone is 1. The maximum absolute atomic E-state index is 12.8. The van der Waals surface area contributed by atoms with Gasteiger partial charge in [-0.1, -0.05) is 17.8 Å². The molecule has 1 aromatic heterocycles. The highest BCUT2D eigenvalue weighted by Gasteiger charge is 2.33. The van der Waals surface area contributed by atoms with E-state index >= 15 is 0 Å². The zero-order chi connectivity index (χ0) is 21.9. The summed E-state index contributed by atoms with van der Waals surface area (Å²) in [6, 6.07) is 6.72. The van der Waals surface area contributed by atoms with Crippen LogP contribution in [0, 0.1) is 0 Å². The van der Waals surface area contributed by atoms with Crippen LogP contribution < -0.4 is 5.32 Å². The molecular formula is C20H24N4O4S2. The first-order valence-corrected chi connectivity index (χ1v) is 12.2. The number of rotatable bonds is 8. The molecule has 1 aliphatic heterocycles.